The second kappa shape index (κ2) is 9.38. The number of nitrogens with two attached hydrogens (primary N) is 1. The maximum absolute atomic E-state index is 10.4. The molecule has 4 rings (SSSR count). The van der Waals surface area contributed by atoms with Crippen LogP contribution in [0, 0.1) is 11.8 Å². The lowest BCUT2D eigenvalue weighted by Gasteiger charge is -2.18. The molecule has 0 amide bonds. The Morgan fingerprint density at radius 2 is 1.42 bits per heavy atom. The number of carbonyl (C=O) groups excluding carboxylic acids is 1. The summed E-state index contributed by atoms with van der Waals surface area (Å²) in [4.78, 5) is 10.4. The van der Waals surface area contributed by atoms with E-state index in [1.807, 2.05) is 54.6 Å². The first-order valence-electron chi connectivity index (χ1n) is 9.43. The largest absolute Gasteiger partial charge is 0.399 e. The molecule has 2 bridgehead atoms. The molecule has 2 heteroatoms. The minimum atomic E-state index is 0.168. The second-order valence-electron chi connectivity index (χ2n) is 8.12. The predicted molar refractivity (Wildman–Crippen MR) is 111 cm³/mol. The molecule has 2 aromatic rings. The third-order valence-electron chi connectivity index (χ3n) is 4.88. The summed E-state index contributed by atoms with van der Waals surface area (Å²) in [6.07, 6.45) is 10.1. The van der Waals surface area contributed by atoms with Crippen molar-refractivity contribution in [3.8, 4) is 0 Å². The van der Waals surface area contributed by atoms with Crippen molar-refractivity contribution in [3.63, 3.8) is 0 Å². The highest BCUT2D eigenvalue weighted by Crippen LogP contribution is 2.38. The number of nitrogen functional groups attached to an aromatic ring is 1. The molecular formula is C24H31NO. The summed E-state index contributed by atoms with van der Waals surface area (Å²) in [7, 11) is 0. The normalized spacial score (nSPS) is 19.8. The summed E-state index contributed by atoms with van der Waals surface area (Å²) in [5.74, 6) is 1.98. The smallest absolute Gasteiger partial charge is 0.150 e. The van der Waals surface area contributed by atoms with Gasteiger partial charge in [0, 0.05) is 11.3 Å². The zero-order valence-electron chi connectivity index (χ0n) is 16.2. The minimum Gasteiger partial charge on any atom is -0.399 e. The number of hydrogen-bond donors (Lipinski definition) is 1. The molecule has 2 N–H and O–H groups in total. The molecule has 2 atom stereocenters. The Bertz CT molecular complexity index is 683. The van der Waals surface area contributed by atoms with Gasteiger partial charge in [-0.05, 0) is 54.2 Å². The van der Waals surface area contributed by atoms with Gasteiger partial charge in [-0.15, -0.1) is 0 Å². The summed E-state index contributed by atoms with van der Waals surface area (Å²) < 4.78 is 0. The fourth-order valence-electron chi connectivity index (χ4n) is 3.23. The van der Waals surface area contributed by atoms with E-state index in [1.165, 1.54) is 24.8 Å². The number of para-hydroxylation sites is 1. The zero-order chi connectivity index (χ0) is 19.0. The molecule has 0 saturated heterocycles. The lowest BCUT2D eigenvalue weighted by atomic mass is 9.87. The summed E-state index contributed by atoms with van der Waals surface area (Å²) in [5, 5.41) is 0. The van der Waals surface area contributed by atoms with Crippen molar-refractivity contribution in [1.29, 1.82) is 0 Å². The van der Waals surface area contributed by atoms with Crippen LogP contribution in [0.4, 0.5) is 5.69 Å². The number of rotatable bonds is 1. The van der Waals surface area contributed by atoms with Crippen molar-refractivity contribution >= 4 is 12.0 Å². The molecule has 0 aromatic heterocycles. The van der Waals surface area contributed by atoms with Crippen LogP contribution in [0.15, 0.2) is 66.7 Å². The molecule has 2 aromatic carbocycles. The highest BCUT2D eigenvalue weighted by Gasteiger charge is 2.25. The van der Waals surface area contributed by atoms with Crippen LogP contribution in [0.5, 0.6) is 0 Å². The Morgan fingerprint density at radius 1 is 0.885 bits per heavy atom. The molecule has 1 saturated carbocycles. The first-order chi connectivity index (χ1) is 12.4. The van der Waals surface area contributed by atoms with Crippen LogP contribution >= 0.6 is 0 Å². The fraction of sp³-hybridized carbons (Fsp3) is 0.375. The molecule has 26 heavy (non-hydrogen) atoms. The molecule has 2 aliphatic rings. The lowest BCUT2D eigenvalue weighted by molar-refractivity contribution is 0.112. The van der Waals surface area contributed by atoms with E-state index in [0.717, 1.165) is 29.4 Å². The molecular weight excluding hydrogens is 318 g/mol. The van der Waals surface area contributed by atoms with Gasteiger partial charge in [0.15, 0.2) is 0 Å². The summed E-state index contributed by atoms with van der Waals surface area (Å²) >= 11 is 0. The molecule has 2 aliphatic carbocycles. The van der Waals surface area contributed by atoms with Crippen LogP contribution in [0.2, 0.25) is 0 Å². The SMILES string of the molecule is C1=CC2CCC1C2.CC(C)(C)c1ccc(C=O)cc1.Nc1ccccc1. The first-order valence-corrected chi connectivity index (χ1v) is 9.43. The number of hydrogen-bond acceptors (Lipinski definition) is 2. The fourth-order valence-corrected chi connectivity index (χ4v) is 3.23. The third-order valence-corrected chi connectivity index (χ3v) is 4.88. The van der Waals surface area contributed by atoms with Crippen LogP contribution in [-0.2, 0) is 5.41 Å². The number of carbonyl (C=O) groups is 1. The Labute approximate surface area is 158 Å². The molecule has 0 aliphatic heterocycles. The van der Waals surface area contributed by atoms with Gasteiger partial charge in [0.25, 0.3) is 0 Å². The maximum atomic E-state index is 10.4. The van der Waals surface area contributed by atoms with E-state index in [-0.39, 0.29) is 5.41 Å². The maximum Gasteiger partial charge on any atom is 0.150 e. The monoisotopic (exact) mass is 349 g/mol. The minimum absolute atomic E-state index is 0.168. The Balaban J connectivity index is 0.000000148. The van der Waals surface area contributed by atoms with E-state index in [9.17, 15) is 4.79 Å². The number of benzene rings is 2. The average molecular weight is 350 g/mol. The van der Waals surface area contributed by atoms with Gasteiger partial charge in [0.1, 0.15) is 6.29 Å². The zero-order valence-corrected chi connectivity index (χ0v) is 16.2. The molecule has 0 radical (unpaired) electrons. The van der Waals surface area contributed by atoms with Gasteiger partial charge in [-0.2, -0.15) is 0 Å². The summed E-state index contributed by atoms with van der Waals surface area (Å²) in [6.45, 7) is 6.47. The van der Waals surface area contributed by atoms with Gasteiger partial charge in [0.2, 0.25) is 0 Å². The predicted octanol–water partition coefficient (Wildman–Crippen LogP) is 6.04. The second-order valence-corrected chi connectivity index (χ2v) is 8.12. The van der Waals surface area contributed by atoms with Crippen molar-refractivity contribution in [2.24, 2.45) is 11.8 Å². The van der Waals surface area contributed by atoms with Crippen LogP contribution in [0.25, 0.3) is 0 Å². The van der Waals surface area contributed by atoms with Crippen molar-refractivity contribution < 1.29 is 4.79 Å². The molecule has 138 valence electrons. The van der Waals surface area contributed by atoms with Gasteiger partial charge in [0.05, 0.1) is 0 Å². The number of aldehydes is 1. The Morgan fingerprint density at radius 3 is 1.69 bits per heavy atom. The highest BCUT2D eigenvalue weighted by atomic mass is 16.1. The summed E-state index contributed by atoms with van der Waals surface area (Å²) in [6, 6.07) is 17.2. The standard InChI is InChI=1S/C11H14O.C7H10.C6H7N/c1-11(2,3)10-6-4-9(8-12)5-7-10;1-2-7-4-3-6(1)5-7;7-6-4-2-1-3-5-6/h4-8H,1-3H3;1-2,6-7H,3-5H2;1-5H,7H2. The van der Waals surface area contributed by atoms with Crippen LogP contribution in [-0.4, -0.2) is 6.29 Å². The van der Waals surface area contributed by atoms with Gasteiger partial charge < -0.3 is 5.73 Å². The number of anilines is 1. The Kier molecular flexibility index (Phi) is 7.20. The van der Waals surface area contributed by atoms with E-state index < -0.39 is 0 Å². The van der Waals surface area contributed by atoms with E-state index in [4.69, 9.17) is 5.73 Å². The van der Waals surface area contributed by atoms with Crippen molar-refractivity contribution in [2.45, 2.75) is 45.4 Å². The van der Waals surface area contributed by atoms with Gasteiger partial charge in [-0.3, -0.25) is 4.79 Å². The molecule has 0 heterocycles. The van der Waals surface area contributed by atoms with Gasteiger partial charge in [-0.1, -0.05) is 75.4 Å². The van der Waals surface area contributed by atoms with Crippen molar-refractivity contribution in [1.82, 2.24) is 0 Å². The molecule has 2 unspecified atom stereocenters. The third kappa shape index (κ3) is 6.51. The average Bonchev–Trinajstić information content (AvgIpc) is 3.29. The van der Waals surface area contributed by atoms with Crippen LogP contribution < -0.4 is 5.73 Å². The number of fused-ring (bicyclic) bond motifs is 2. The van der Waals surface area contributed by atoms with Crippen molar-refractivity contribution in [3.05, 3.63) is 77.9 Å². The van der Waals surface area contributed by atoms with E-state index in [1.54, 1.807) is 0 Å². The van der Waals surface area contributed by atoms with Crippen LogP contribution in [0.3, 0.4) is 0 Å². The quantitative estimate of drug-likeness (QED) is 0.387. The number of allylic oxidation sites excluding steroid dienone is 2. The topological polar surface area (TPSA) is 43.1 Å². The lowest BCUT2D eigenvalue weighted by Crippen LogP contribution is -2.10. The van der Waals surface area contributed by atoms with Gasteiger partial charge in [-0.25, -0.2) is 0 Å². The molecule has 1 fully saturated rings. The van der Waals surface area contributed by atoms with Crippen molar-refractivity contribution in [2.75, 3.05) is 5.73 Å². The van der Waals surface area contributed by atoms with Gasteiger partial charge >= 0.3 is 0 Å². The van der Waals surface area contributed by atoms with E-state index in [2.05, 4.69) is 32.9 Å². The Hall–Kier alpha value is -2.35. The molecule has 0 spiro atoms. The highest BCUT2D eigenvalue weighted by molar-refractivity contribution is 5.74. The van der Waals surface area contributed by atoms with E-state index in [0.29, 0.717) is 0 Å². The molecule has 2 nitrogen and oxygen atoms in total. The van der Waals surface area contributed by atoms with Crippen LogP contribution in [0.1, 0.15) is 56.0 Å². The summed E-state index contributed by atoms with van der Waals surface area (Å²) in [5.41, 5.74) is 8.34. The van der Waals surface area contributed by atoms with E-state index >= 15 is 0 Å². The first kappa shape index (κ1) is 20.0.